The average Bonchev–Trinajstić information content (AvgIpc) is 2.68. The van der Waals surface area contributed by atoms with Crippen LogP contribution < -0.4 is 4.90 Å². The normalized spacial score (nSPS) is 10.3. The number of benzene rings is 1. The number of hydrogen-bond acceptors (Lipinski definition) is 3. The highest BCUT2D eigenvalue weighted by atomic mass is 15.5. The Balaban J connectivity index is 2.12. The quantitative estimate of drug-likeness (QED) is 0.754. The Kier molecular flexibility index (Phi) is 2.67. The summed E-state index contributed by atoms with van der Waals surface area (Å²) in [7, 11) is 3.91. The highest BCUT2D eigenvalue weighted by Crippen LogP contribution is 2.06. The van der Waals surface area contributed by atoms with Crippen molar-refractivity contribution in [3.05, 3.63) is 42.1 Å². The Bertz CT molecular complexity index is 419. The van der Waals surface area contributed by atoms with Crippen LogP contribution in [0.15, 0.2) is 36.5 Å². The van der Waals surface area contributed by atoms with Crippen molar-refractivity contribution in [1.82, 2.24) is 15.0 Å². The fourth-order valence-electron chi connectivity index (χ4n) is 1.34. The zero-order valence-corrected chi connectivity index (χ0v) is 8.96. The summed E-state index contributed by atoms with van der Waals surface area (Å²) in [6, 6.07) is 10.2. The molecule has 0 aliphatic heterocycles. The molecule has 0 N–H and O–H groups in total. The van der Waals surface area contributed by atoms with Crippen molar-refractivity contribution in [2.45, 2.75) is 6.54 Å². The second-order valence-electron chi connectivity index (χ2n) is 3.65. The van der Waals surface area contributed by atoms with Crippen LogP contribution in [0.25, 0.3) is 0 Å². The third-order valence-electron chi connectivity index (χ3n) is 2.17. The number of nitrogens with zero attached hydrogens (tertiary/aromatic N) is 4. The van der Waals surface area contributed by atoms with Crippen molar-refractivity contribution in [2.24, 2.45) is 0 Å². The van der Waals surface area contributed by atoms with Crippen LogP contribution in [0.4, 0.5) is 5.82 Å². The second kappa shape index (κ2) is 4.13. The third kappa shape index (κ3) is 2.34. The molecule has 0 saturated carbocycles. The van der Waals surface area contributed by atoms with Crippen molar-refractivity contribution in [3.8, 4) is 0 Å². The first kappa shape index (κ1) is 9.71. The average molecular weight is 202 g/mol. The van der Waals surface area contributed by atoms with Gasteiger partial charge in [0, 0.05) is 14.1 Å². The summed E-state index contributed by atoms with van der Waals surface area (Å²) in [5, 5.41) is 8.11. The van der Waals surface area contributed by atoms with Gasteiger partial charge in [0.2, 0.25) is 0 Å². The van der Waals surface area contributed by atoms with Crippen molar-refractivity contribution in [1.29, 1.82) is 0 Å². The van der Waals surface area contributed by atoms with E-state index >= 15 is 0 Å². The highest BCUT2D eigenvalue weighted by molar-refractivity contribution is 5.31. The fraction of sp³-hybridized carbons (Fsp3) is 0.273. The zero-order valence-electron chi connectivity index (χ0n) is 8.96. The predicted molar refractivity (Wildman–Crippen MR) is 59.9 cm³/mol. The van der Waals surface area contributed by atoms with Crippen LogP contribution in [0.1, 0.15) is 5.56 Å². The summed E-state index contributed by atoms with van der Waals surface area (Å²) in [5.74, 6) is 0.880. The molecule has 1 aromatic heterocycles. The summed E-state index contributed by atoms with van der Waals surface area (Å²) in [4.78, 5) is 1.94. The molecule has 1 aromatic carbocycles. The van der Waals surface area contributed by atoms with Gasteiger partial charge in [0.25, 0.3) is 0 Å². The summed E-state index contributed by atoms with van der Waals surface area (Å²) in [5.41, 5.74) is 1.23. The maximum absolute atomic E-state index is 4.06. The predicted octanol–water partition coefficient (Wildman–Crippen LogP) is 1.39. The molecule has 0 aliphatic rings. The lowest BCUT2D eigenvalue weighted by Gasteiger charge is -2.04. The van der Waals surface area contributed by atoms with Gasteiger partial charge in [0.1, 0.15) is 0 Å². The molecule has 0 spiro atoms. The van der Waals surface area contributed by atoms with E-state index in [2.05, 4.69) is 22.4 Å². The summed E-state index contributed by atoms with van der Waals surface area (Å²) < 4.78 is 1.84. The van der Waals surface area contributed by atoms with Gasteiger partial charge in [-0.15, -0.1) is 5.10 Å². The number of aromatic nitrogens is 3. The third-order valence-corrected chi connectivity index (χ3v) is 2.17. The molecule has 0 aliphatic carbocycles. The van der Waals surface area contributed by atoms with Gasteiger partial charge in [0.05, 0.1) is 12.7 Å². The molecular formula is C11H14N4. The SMILES string of the molecule is CN(C)c1cn(Cc2ccccc2)nn1. The minimum absolute atomic E-state index is 0.766. The second-order valence-corrected chi connectivity index (χ2v) is 3.65. The zero-order chi connectivity index (χ0) is 10.7. The lowest BCUT2D eigenvalue weighted by Crippen LogP contribution is -2.08. The number of hydrogen-bond donors (Lipinski definition) is 0. The minimum atomic E-state index is 0.766. The molecule has 0 bridgehead atoms. The van der Waals surface area contributed by atoms with Gasteiger partial charge >= 0.3 is 0 Å². The van der Waals surface area contributed by atoms with E-state index in [-0.39, 0.29) is 0 Å². The Morgan fingerprint density at radius 3 is 2.53 bits per heavy atom. The number of anilines is 1. The molecule has 4 nitrogen and oxygen atoms in total. The van der Waals surface area contributed by atoms with Crippen LogP contribution in [0.5, 0.6) is 0 Å². The Morgan fingerprint density at radius 2 is 1.93 bits per heavy atom. The van der Waals surface area contributed by atoms with E-state index < -0.39 is 0 Å². The monoisotopic (exact) mass is 202 g/mol. The Morgan fingerprint density at radius 1 is 1.20 bits per heavy atom. The molecule has 2 rings (SSSR count). The molecule has 0 unspecified atom stereocenters. The van der Waals surface area contributed by atoms with Gasteiger partial charge in [-0.2, -0.15) is 0 Å². The van der Waals surface area contributed by atoms with Gasteiger partial charge in [-0.05, 0) is 5.56 Å². The van der Waals surface area contributed by atoms with E-state index in [9.17, 15) is 0 Å². The molecule has 0 atom stereocenters. The first-order valence-corrected chi connectivity index (χ1v) is 4.87. The van der Waals surface area contributed by atoms with Crippen LogP contribution in [0, 0.1) is 0 Å². The Labute approximate surface area is 89.1 Å². The fourth-order valence-corrected chi connectivity index (χ4v) is 1.34. The van der Waals surface area contributed by atoms with E-state index in [1.54, 1.807) is 0 Å². The van der Waals surface area contributed by atoms with E-state index in [0.717, 1.165) is 12.4 Å². The molecule has 15 heavy (non-hydrogen) atoms. The van der Waals surface area contributed by atoms with Crippen LogP contribution in [-0.4, -0.2) is 29.1 Å². The van der Waals surface area contributed by atoms with Crippen molar-refractivity contribution >= 4 is 5.82 Å². The van der Waals surface area contributed by atoms with Crippen LogP contribution in [-0.2, 0) is 6.54 Å². The van der Waals surface area contributed by atoms with Crippen molar-refractivity contribution in [3.63, 3.8) is 0 Å². The largest absolute Gasteiger partial charge is 0.360 e. The summed E-state index contributed by atoms with van der Waals surface area (Å²) in [6.07, 6.45) is 1.94. The van der Waals surface area contributed by atoms with E-state index in [0.29, 0.717) is 0 Å². The lowest BCUT2D eigenvalue weighted by atomic mass is 10.2. The first-order valence-electron chi connectivity index (χ1n) is 4.87. The Hall–Kier alpha value is -1.84. The standard InChI is InChI=1S/C11H14N4/c1-14(2)11-9-15(13-12-11)8-10-6-4-3-5-7-10/h3-7,9H,8H2,1-2H3. The van der Waals surface area contributed by atoms with Gasteiger partial charge in [-0.1, -0.05) is 35.5 Å². The molecule has 78 valence electrons. The lowest BCUT2D eigenvalue weighted by molar-refractivity contribution is 0.649. The maximum atomic E-state index is 4.06. The molecule has 1 heterocycles. The minimum Gasteiger partial charge on any atom is -0.360 e. The summed E-state index contributed by atoms with van der Waals surface area (Å²) >= 11 is 0. The topological polar surface area (TPSA) is 34.0 Å². The van der Waals surface area contributed by atoms with Crippen LogP contribution in [0.2, 0.25) is 0 Å². The molecule has 0 saturated heterocycles. The van der Waals surface area contributed by atoms with Crippen molar-refractivity contribution in [2.75, 3.05) is 19.0 Å². The van der Waals surface area contributed by atoms with Crippen LogP contribution in [0.3, 0.4) is 0 Å². The van der Waals surface area contributed by atoms with E-state index in [1.807, 2.05) is 48.1 Å². The molecule has 0 amide bonds. The number of rotatable bonds is 3. The maximum Gasteiger partial charge on any atom is 0.170 e. The highest BCUT2D eigenvalue weighted by Gasteiger charge is 2.01. The summed E-state index contributed by atoms with van der Waals surface area (Å²) in [6.45, 7) is 0.766. The first-order chi connectivity index (χ1) is 7.25. The van der Waals surface area contributed by atoms with Gasteiger partial charge in [-0.25, -0.2) is 4.68 Å². The van der Waals surface area contributed by atoms with E-state index in [4.69, 9.17) is 0 Å². The van der Waals surface area contributed by atoms with Gasteiger partial charge < -0.3 is 4.90 Å². The molecule has 0 radical (unpaired) electrons. The molecule has 0 fully saturated rings. The smallest absolute Gasteiger partial charge is 0.170 e. The van der Waals surface area contributed by atoms with Crippen molar-refractivity contribution < 1.29 is 0 Å². The van der Waals surface area contributed by atoms with Crippen LogP contribution >= 0.6 is 0 Å². The van der Waals surface area contributed by atoms with Gasteiger partial charge in [-0.3, -0.25) is 0 Å². The molecular weight excluding hydrogens is 188 g/mol. The molecule has 2 aromatic rings. The molecule has 4 heteroatoms. The van der Waals surface area contributed by atoms with Gasteiger partial charge in [0.15, 0.2) is 5.82 Å². The van der Waals surface area contributed by atoms with E-state index in [1.165, 1.54) is 5.56 Å².